The van der Waals surface area contributed by atoms with Gasteiger partial charge in [0.15, 0.2) is 6.61 Å². The number of carbonyl (C=O) groups is 2. The fraction of sp³-hybridized carbons (Fsp3) is 0.579. The average molecular weight is 348 g/mol. The zero-order valence-corrected chi connectivity index (χ0v) is 15.3. The average Bonchev–Trinajstić information content (AvgIpc) is 3.43. The van der Waals surface area contributed by atoms with Crippen molar-refractivity contribution < 1.29 is 19.1 Å². The molecule has 1 aliphatic carbocycles. The molecular formula is C19H28N2O4. The third-order valence-corrected chi connectivity index (χ3v) is 4.23. The third kappa shape index (κ3) is 6.38. The summed E-state index contributed by atoms with van der Waals surface area (Å²) in [7, 11) is 0. The molecule has 1 unspecified atom stereocenters. The van der Waals surface area contributed by atoms with Crippen molar-refractivity contribution in [2.75, 3.05) is 31.6 Å². The van der Waals surface area contributed by atoms with Gasteiger partial charge in [0.25, 0.3) is 11.8 Å². The van der Waals surface area contributed by atoms with Gasteiger partial charge in [0.2, 0.25) is 0 Å². The van der Waals surface area contributed by atoms with Crippen molar-refractivity contribution in [1.82, 2.24) is 4.90 Å². The Morgan fingerprint density at radius 3 is 2.64 bits per heavy atom. The Balaban J connectivity index is 1.83. The van der Waals surface area contributed by atoms with Crippen LogP contribution in [0, 0.1) is 5.92 Å². The summed E-state index contributed by atoms with van der Waals surface area (Å²) in [5.74, 6) is 0.929. The first-order valence-corrected chi connectivity index (χ1v) is 8.96. The lowest BCUT2D eigenvalue weighted by atomic mass is 10.2. The van der Waals surface area contributed by atoms with E-state index in [1.54, 1.807) is 36.1 Å². The molecule has 0 spiro atoms. The lowest BCUT2D eigenvalue weighted by Crippen LogP contribution is -2.34. The predicted molar refractivity (Wildman–Crippen MR) is 96.6 cm³/mol. The minimum Gasteiger partial charge on any atom is -0.484 e. The molecule has 2 amide bonds. The van der Waals surface area contributed by atoms with Crippen LogP contribution in [0.15, 0.2) is 24.3 Å². The molecule has 1 saturated carbocycles. The molecule has 0 aliphatic heterocycles. The number of nitrogens with zero attached hydrogens (tertiary/aromatic N) is 1. The van der Waals surface area contributed by atoms with E-state index in [0.29, 0.717) is 37.1 Å². The first-order chi connectivity index (χ1) is 12.0. The highest BCUT2D eigenvalue weighted by Crippen LogP contribution is 2.29. The van der Waals surface area contributed by atoms with Gasteiger partial charge in [-0.25, -0.2) is 0 Å². The SMILES string of the molecule is CCN(CC)C(=O)COc1cccc(NC(=O)C(C)OCC2CC2)c1. The van der Waals surface area contributed by atoms with Crippen molar-refractivity contribution >= 4 is 17.5 Å². The number of amides is 2. The summed E-state index contributed by atoms with van der Waals surface area (Å²) in [5, 5.41) is 2.82. The summed E-state index contributed by atoms with van der Waals surface area (Å²) in [5.41, 5.74) is 0.625. The Morgan fingerprint density at radius 2 is 2.00 bits per heavy atom. The lowest BCUT2D eigenvalue weighted by Gasteiger charge is -2.19. The largest absolute Gasteiger partial charge is 0.484 e. The maximum atomic E-state index is 12.2. The molecule has 0 saturated heterocycles. The Bertz CT molecular complexity index is 583. The van der Waals surface area contributed by atoms with Crippen LogP contribution in [-0.4, -0.2) is 49.1 Å². The number of carbonyl (C=O) groups excluding carboxylic acids is 2. The molecule has 2 rings (SSSR count). The van der Waals surface area contributed by atoms with Gasteiger partial charge in [-0.05, 0) is 51.7 Å². The van der Waals surface area contributed by atoms with Crippen molar-refractivity contribution in [3.8, 4) is 5.75 Å². The molecule has 0 bridgehead atoms. The summed E-state index contributed by atoms with van der Waals surface area (Å²) < 4.78 is 11.1. The van der Waals surface area contributed by atoms with Crippen LogP contribution in [0.5, 0.6) is 5.75 Å². The molecular weight excluding hydrogens is 320 g/mol. The van der Waals surface area contributed by atoms with E-state index in [4.69, 9.17) is 9.47 Å². The van der Waals surface area contributed by atoms with Crippen molar-refractivity contribution in [3.05, 3.63) is 24.3 Å². The van der Waals surface area contributed by atoms with Crippen LogP contribution in [-0.2, 0) is 14.3 Å². The molecule has 1 aromatic rings. The maximum Gasteiger partial charge on any atom is 0.260 e. The second-order valence-electron chi connectivity index (χ2n) is 6.29. The zero-order valence-electron chi connectivity index (χ0n) is 15.3. The van der Waals surface area contributed by atoms with Gasteiger partial charge in [0.05, 0.1) is 6.61 Å². The third-order valence-electron chi connectivity index (χ3n) is 4.23. The molecule has 6 heteroatoms. The number of rotatable bonds is 10. The standard InChI is InChI=1S/C19H28N2O4/c1-4-21(5-2)18(22)13-25-17-8-6-7-16(11-17)20-19(23)14(3)24-12-15-9-10-15/h6-8,11,14-15H,4-5,9-10,12-13H2,1-3H3,(H,20,23). The zero-order chi connectivity index (χ0) is 18.2. The van der Waals surface area contributed by atoms with E-state index in [1.165, 1.54) is 12.8 Å². The molecule has 138 valence electrons. The van der Waals surface area contributed by atoms with E-state index >= 15 is 0 Å². The minimum absolute atomic E-state index is 0.0139. The first-order valence-electron chi connectivity index (χ1n) is 8.96. The maximum absolute atomic E-state index is 12.2. The minimum atomic E-state index is -0.491. The normalized spacial score (nSPS) is 14.7. The Morgan fingerprint density at radius 1 is 1.28 bits per heavy atom. The lowest BCUT2D eigenvalue weighted by molar-refractivity contribution is -0.133. The quantitative estimate of drug-likeness (QED) is 0.706. The van der Waals surface area contributed by atoms with Crippen LogP contribution in [0.2, 0.25) is 0 Å². The molecule has 1 N–H and O–H groups in total. The smallest absolute Gasteiger partial charge is 0.260 e. The van der Waals surface area contributed by atoms with Crippen LogP contribution >= 0.6 is 0 Å². The van der Waals surface area contributed by atoms with Gasteiger partial charge in [0, 0.05) is 24.8 Å². The molecule has 6 nitrogen and oxygen atoms in total. The second kappa shape index (κ2) is 9.42. The van der Waals surface area contributed by atoms with Gasteiger partial charge >= 0.3 is 0 Å². The molecule has 1 aliphatic rings. The fourth-order valence-electron chi connectivity index (χ4n) is 2.36. The van der Waals surface area contributed by atoms with Crippen molar-refractivity contribution in [2.45, 2.75) is 39.7 Å². The fourth-order valence-corrected chi connectivity index (χ4v) is 2.36. The molecule has 1 atom stereocenters. The summed E-state index contributed by atoms with van der Waals surface area (Å²) in [6.07, 6.45) is 1.90. The van der Waals surface area contributed by atoms with E-state index in [2.05, 4.69) is 5.32 Å². The summed E-state index contributed by atoms with van der Waals surface area (Å²) in [6, 6.07) is 7.03. The van der Waals surface area contributed by atoms with Gasteiger partial charge in [-0.2, -0.15) is 0 Å². The Kier molecular flexibility index (Phi) is 7.25. The van der Waals surface area contributed by atoms with Gasteiger partial charge in [-0.1, -0.05) is 6.07 Å². The van der Waals surface area contributed by atoms with E-state index < -0.39 is 6.10 Å². The molecule has 0 heterocycles. The second-order valence-corrected chi connectivity index (χ2v) is 6.29. The van der Waals surface area contributed by atoms with Crippen LogP contribution in [0.3, 0.4) is 0 Å². The van der Waals surface area contributed by atoms with Gasteiger partial charge < -0.3 is 19.7 Å². The van der Waals surface area contributed by atoms with Crippen LogP contribution < -0.4 is 10.1 Å². The van der Waals surface area contributed by atoms with Gasteiger partial charge in [0.1, 0.15) is 11.9 Å². The predicted octanol–water partition coefficient (Wildman–Crippen LogP) is 2.69. The van der Waals surface area contributed by atoms with Crippen molar-refractivity contribution in [1.29, 1.82) is 0 Å². The van der Waals surface area contributed by atoms with Gasteiger partial charge in [-0.15, -0.1) is 0 Å². The number of nitrogens with one attached hydrogen (secondary N) is 1. The number of ether oxygens (including phenoxy) is 2. The highest BCUT2D eigenvalue weighted by atomic mass is 16.5. The Labute approximate surface area is 149 Å². The number of hydrogen-bond acceptors (Lipinski definition) is 4. The number of benzene rings is 1. The highest BCUT2D eigenvalue weighted by molar-refractivity contribution is 5.94. The number of anilines is 1. The first kappa shape index (κ1) is 19.2. The van der Waals surface area contributed by atoms with E-state index in [9.17, 15) is 9.59 Å². The van der Waals surface area contributed by atoms with Gasteiger partial charge in [-0.3, -0.25) is 9.59 Å². The molecule has 0 radical (unpaired) electrons. The molecule has 25 heavy (non-hydrogen) atoms. The van der Waals surface area contributed by atoms with E-state index in [-0.39, 0.29) is 18.4 Å². The van der Waals surface area contributed by atoms with Crippen molar-refractivity contribution in [2.24, 2.45) is 5.92 Å². The van der Waals surface area contributed by atoms with Crippen LogP contribution in [0.25, 0.3) is 0 Å². The molecule has 0 aromatic heterocycles. The summed E-state index contributed by atoms with van der Waals surface area (Å²) in [6.45, 7) is 7.57. The number of hydrogen-bond donors (Lipinski definition) is 1. The molecule has 1 aromatic carbocycles. The van der Waals surface area contributed by atoms with Crippen LogP contribution in [0.4, 0.5) is 5.69 Å². The topological polar surface area (TPSA) is 67.9 Å². The van der Waals surface area contributed by atoms with E-state index in [1.807, 2.05) is 13.8 Å². The number of likely N-dealkylation sites (N-methyl/N-ethyl adjacent to an activating group) is 1. The molecule has 1 fully saturated rings. The summed E-state index contributed by atoms with van der Waals surface area (Å²) >= 11 is 0. The highest BCUT2D eigenvalue weighted by Gasteiger charge is 2.24. The van der Waals surface area contributed by atoms with E-state index in [0.717, 1.165) is 0 Å². The summed E-state index contributed by atoms with van der Waals surface area (Å²) in [4.78, 5) is 25.8. The Hall–Kier alpha value is -2.08. The van der Waals surface area contributed by atoms with Crippen molar-refractivity contribution in [3.63, 3.8) is 0 Å². The van der Waals surface area contributed by atoms with Crippen LogP contribution in [0.1, 0.15) is 33.6 Å². The monoisotopic (exact) mass is 348 g/mol.